The Labute approximate surface area is 85.3 Å². The molecular formula is C10H8FN3O. The van der Waals surface area contributed by atoms with E-state index < -0.39 is 0 Å². The number of aromatic nitrogens is 3. The summed E-state index contributed by atoms with van der Waals surface area (Å²) in [7, 11) is 0. The molecule has 4 nitrogen and oxygen atoms in total. The molecule has 1 heterocycles. The Bertz CT molecular complexity index is 464. The predicted octanol–water partition coefficient (Wildman–Crippen LogP) is 1.28. The summed E-state index contributed by atoms with van der Waals surface area (Å²) in [4.78, 5) is 10.4. The van der Waals surface area contributed by atoms with Crippen LogP contribution < -0.4 is 0 Å². The third-order valence-electron chi connectivity index (χ3n) is 1.93. The molecular weight excluding hydrogens is 197 g/mol. The van der Waals surface area contributed by atoms with Crippen LogP contribution in [0.15, 0.2) is 30.5 Å². The normalized spacial score (nSPS) is 10.2. The number of rotatable bonds is 3. The van der Waals surface area contributed by atoms with Crippen LogP contribution in [0.1, 0.15) is 16.1 Å². The fraction of sp³-hybridized carbons (Fsp3) is 0.100. The van der Waals surface area contributed by atoms with Gasteiger partial charge in [-0.25, -0.2) is 9.07 Å². The Morgan fingerprint density at radius 1 is 1.33 bits per heavy atom. The molecule has 15 heavy (non-hydrogen) atoms. The smallest absolute Gasteiger partial charge is 0.171 e. The number of aldehydes is 1. The summed E-state index contributed by atoms with van der Waals surface area (Å²) >= 11 is 0. The number of benzene rings is 1. The van der Waals surface area contributed by atoms with Gasteiger partial charge in [0.25, 0.3) is 0 Å². The Hall–Kier alpha value is -2.04. The van der Waals surface area contributed by atoms with Crippen molar-refractivity contribution in [3.05, 3.63) is 47.5 Å². The Morgan fingerprint density at radius 3 is 2.67 bits per heavy atom. The molecule has 0 aliphatic rings. The van der Waals surface area contributed by atoms with Gasteiger partial charge < -0.3 is 0 Å². The average Bonchev–Trinajstić information content (AvgIpc) is 2.69. The van der Waals surface area contributed by atoms with Crippen LogP contribution in [0, 0.1) is 5.82 Å². The first-order chi connectivity index (χ1) is 7.28. The molecule has 5 heteroatoms. The van der Waals surface area contributed by atoms with Gasteiger partial charge in [-0.1, -0.05) is 17.3 Å². The van der Waals surface area contributed by atoms with Crippen LogP contribution in [-0.2, 0) is 6.54 Å². The maximum Gasteiger partial charge on any atom is 0.171 e. The molecule has 1 aromatic carbocycles. The van der Waals surface area contributed by atoms with Gasteiger partial charge in [0.2, 0.25) is 0 Å². The molecule has 76 valence electrons. The molecule has 0 bridgehead atoms. The maximum absolute atomic E-state index is 12.6. The standard InChI is InChI=1S/C10H8FN3O/c11-9-3-1-8(2-4-9)5-14-6-10(7-15)12-13-14/h1-4,6-7H,5H2. The van der Waals surface area contributed by atoms with Crippen molar-refractivity contribution in [3.8, 4) is 0 Å². The lowest BCUT2D eigenvalue weighted by Gasteiger charge is -1.99. The SMILES string of the molecule is O=Cc1cn(Cc2ccc(F)cc2)nn1. The summed E-state index contributed by atoms with van der Waals surface area (Å²) in [6.07, 6.45) is 2.17. The number of hydrogen-bond donors (Lipinski definition) is 0. The molecule has 0 saturated heterocycles. The Balaban J connectivity index is 2.14. The summed E-state index contributed by atoms with van der Waals surface area (Å²) in [6, 6.07) is 6.09. The van der Waals surface area contributed by atoms with E-state index in [0.717, 1.165) is 5.56 Å². The molecule has 0 aliphatic heterocycles. The largest absolute Gasteiger partial charge is 0.296 e. The lowest BCUT2D eigenvalue weighted by Crippen LogP contribution is -2.00. The van der Waals surface area contributed by atoms with Gasteiger partial charge in [-0.3, -0.25) is 4.79 Å². The quantitative estimate of drug-likeness (QED) is 0.709. The highest BCUT2D eigenvalue weighted by atomic mass is 19.1. The van der Waals surface area contributed by atoms with Crippen molar-refractivity contribution >= 4 is 6.29 Å². The molecule has 1 aromatic heterocycles. The first-order valence-corrected chi connectivity index (χ1v) is 4.37. The van der Waals surface area contributed by atoms with Crippen molar-refractivity contribution < 1.29 is 9.18 Å². The number of carbonyl (C=O) groups is 1. The summed E-state index contributed by atoms with van der Waals surface area (Å²) in [5.74, 6) is -0.272. The van der Waals surface area contributed by atoms with E-state index in [4.69, 9.17) is 0 Å². The van der Waals surface area contributed by atoms with Crippen LogP contribution in [-0.4, -0.2) is 21.3 Å². The highest BCUT2D eigenvalue weighted by Crippen LogP contribution is 2.04. The summed E-state index contributed by atoms with van der Waals surface area (Å²) < 4.78 is 14.1. The van der Waals surface area contributed by atoms with Crippen LogP contribution in [0.4, 0.5) is 4.39 Å². The summed E-state index contributed by atoms with van der Waals surface area (Å²) in [5.41, 5.74) is 1.19. The minimum atomic E-state index is -0.272. The number of carbonyl (C=O) groups excluding carboxylic acids is 1. The Kier molecular flexibility index (Phi) is 2.53. The van der Waals surface area contributed by atoms with E-state index in [1.165, 1.54) is 23.0 Å². The summed E-state index contributed by atoms with van der Waals surface area (Å²) in [5, 5.41) is 7.37. The molecule has 0 spiro atoms. The minimum absolute atomic E-state index is 0.272. The third kappa shape index (κ3) is 2.25. The van der Waals surface area contributed by atoms with E-state index in [1.807, 2.05) is 0 Å². The van der Waals surface area contributed by atoms with Crippen LogP contribution in [0.5, 0.6) is 0 Å². The van der Waals surface area contributed by atoms with Crippen LogP contribution in [0.2, 0.25) is 0 Å². The maximum atomic E-state index is 12.6. The van der Waals surface area contributed by atoms with Crippen LogP contribution in [0.3, 0.4) is 0 Å². The molecule has 0 amide bonds. The molecule has 0 radical (unpaired) electrons. The lowest BCUT2D eigenvalue weighted by molar-refractivity contribution is 0.111. The lowest BCUT2D eigenvalue weighted by atomic mass is 10.2. The molecule has 0 unspecified atom stereocenters. The number of hydrogen-bond acceptors (Lipinski definition) is 3. The fourth-order valence-electron chi connectivity index (χ4n) is 1.22. The fourth-order valence-corrected chi connectivity index (χ4v) is 1.22. The van der Waals surface area contributed by atoms with Gasteiger partial charge >= 0.3 is 0 Å². The second-order valence-electron chi connectivity index (χ2n) is 3.09. The van der Waals surface area contributed by atoms with Crippen molar-refractivity contribution in [1.82, 2.24) is 15.0 Å². The molecule has 0 N–H and O–H groups in total. The van der Waals surface area contributed by atoms with Crippen molar-refractivity contribution in [3.63, 3.8) is 0 Å². The molecule has 0 fully saturated rings. The van der Waals surface area contributed by atoms with Gasteiger partial charge in [0.05, 0.1) is 12.7 Å². The van der Waals surface area contributed by atoms with Crippen molar-refractivity contribution in [2.24, 2.45) is 0 Å². The van der Waals surface area contributed by atoms with Gasteiger partial charge in [-0.2, -0.15) is 0 Å². The van der Waals surface area contributed by atoms with E-state index in [0.29, 0.717) is 12.8 Å². The van der Waals surface area contributed by atoms with Crippen LogP contribution in [0.25, 0.3) is 0 Å². The van der Waals surface area contributed by atoms with E-state index >= 15 is 0 Å². The molecule has 2 rings (SSSR count). The highest BCUT2D eigenvalue weighted by Gasteiger charge is 2.00. The van der Waals surface area contributed by atoms with Crippen molar-refractivity contribution in [1.29, 1.82) is 0 Å². The first-order valence-electron chi connectivity index (χ1n) is 4.37. The first kappa shape index (κ1) is 9.51. The van der Waals surface area contributed by atoms with Gasteiger partial charge in [-0.15, -0.1) is 5.10 Å². The zero-order valence-corrected chi connectivity index (χ0v) is 7.80. The monoisotopic (exact) mass is 205 g/mol. The second kappa shape index (κ2) is 4.00. The number of halogens is 1. The van der Waals surface area contributed by atoms with Gasteiger partial charge in [-0.05, 0) is 17.7 Å². The van der Waals surface area contributed by atoms with E-state index in [2.05, 4.69) is 10.3 Å². The predicted molar refractivity (Wildman–Crippen MR) is 50.9 cm³/mol. The van der Waals surface area contributed by atoms with Crippen molar-refractivity contribution in [2.75, 3.05) is 0 Å². The van der Waals surface area contributed by atoms with Crippen LogP contribution >= 0.6 is 0 Å². The third-order valence-corrected chi connectivity index (χ3v) is 1.93. The second-order valence-corrected chi connectivity index (χ2v) is 3.09. The highest BCUT2D eigenvalue weighted by molar-refractivity contribution is 5.70. The van der Waals surface area contributed by atoms with Gasteiger partial charge in [0.15, 0.2) is 6.29 Å². The topological polar surface area (TPSA) is 47.8 Å². The van der Waals surface area contributed by atoms with Crippen molar-refractivity contribution in [2.45, 2.75) is 6.54 Å². The van der Waals surface area contributed by atoms with E-state index in [9.17, 15) is 9.18 Å². The molecule has 2 aromatic rings. The van der Waals surface area contributed by atoms with E-state index in [1.54, 1.807) is 12.1 Å². The summed E-state index contributed by atoms with van der Waals surface area (Å²) in [6.45, 7) is 0.473. The molecule has 0 atom stereocenters. The van der Waals surface area contributed by atoms with Gasteiger partial charge in [0, 0.05) is 0 Å². The van der Waals surface area contributed by atoms with Gasteiger partial charge in [0.1, 0.15) is 11.5 Å². The zero-order valence-electron chi connectivity index (χ0n) is 7.80. The minimum Gasteiger partial charge on any atom is -0.296 e. The Morgan fingerprint density at radius 2 is 2.07 bits per heavy atom. The zero-order chi connectivity index (χ0) is 10.7. The molecule has 0 aliphatic carbocycles. The number of nitrogens with zero attached hydrogens (tertiary/aromatic N) is 3. The molecule has 0 saturated carbocycles. The van der Waals surface area contributed by atoms with E-state index in [-0.39, 0.29) is 11.5 Å². The average molecular weight is 205 g/mol.